The van der Waals surface area contributed by atoms with E-state index in [1.807, 2.05) is 6.92 Å². The van der Waals surface area contributed by atoms with E-state index in [9.17, 15) is 9.59 Å². The first kappa shape index (κ1) is 17.2. The van der Waals surface area contributed by atoms with Gasteiger partial charge in [-0.05, 0) is 39.7 Å². The van der Waals surface area contributed by atoms with Gasteiger partial charge in [0, 0.05) is 12.5 Å². The molecule has 0 aromatic carbocycles. The number of nitrogens with one attached hydrogen (secondary N) is 2. The zero-order valence-electron chi connectivity index (χ0n) is 11.0. The Balaban J connectivity index is 0.00000289. The SMILES string of the molecule is CCOC(=O)CCC(C)NC(=O)C1CCCN1.Cl. The molecule has 2 N–H and O–H groups in total. The molecule has 6 heteroatoms. The summed E-state index contributed by atoms with van der Waals surface area (Å²) in [5, 5.41) is 6.05. The van der Waals surface area contributed by atoms with Crippen LogP contribution in [0, 0.1) is 0 Å². The largest absolute Gasteiger partial charge is 0.466 e. The normalized spacial score (nSPS) is 19.8. The lowest BCUT2D eigenvalue weighted by Gasteiger charge is -2.16. The van der Waals surface area contributed by atoms with Crippen molar-refractivity contribution in [2.75, 3.05) is 13.2 Å². The van der Waals surface area contributed by atoms with E-state index in [2.05, 4.69) is 10.6 Å². The molecule has 1 fully saturated rings. The first-order chi connectivity index (χ1) is 8.13. The minimum Gasteiger partial charge on any atom is -0.466 e. The van der Waals surface area contributed by atoms with Gasteiger partial charge in [-0.3, -0.25) is 9.59 Å². The van der Waals surface area contributed by atoms with Gasteiger partial charge in [-0.25, -0.2) is 0 Å². The average Bonchev–Trinajstić information content (AvgIpc) is 2.80. The van der Waals surface area contributed by atoms with Crippen LogP contribution in [0.25, 0.3) is 0 Å². The smallest absolute Gasteiger partial charge is 0.305 e. The highest BCUT2D eigenvalue weighted by molar-refractivity contribution is 5.85. The summed E-state index contributed by atoms with van der Waals surface area (Å²) in [5.41, 5.74) is 0. The van der Waals surface area contributed by atoms with Gasteiger partial charge in [0.25, 0.3) is 0 Å². The van der Waals surface area contributed by atoms with Gasteiger partial charge in [0.05, 0.1) is 12.6 Å². The molecule has 1 rings (SSSR count). The third kappa shape index (κ3) is 6.21. The molecule has 0 aromatic heterocycles. The summed E-state index contributed by atoms with van der Waals surface area (Å²) in [7, 11) is 0. The van der Waals surface area contributed by atoms with Crippen molar-refractivity contribution in [3.8, 4) is 0 Å². The fourth-order valence-corrected chi connectivity index (χ4v) is 1.89. The van der Waals surface area contributed by atoms with Crippen molar-refractivity contribution in [3.05, 3.63) is 0 Å². The highest BCUT2D eigenvalue weighted by atomic mass is 35.5. The number of hydrogen-bond acceptors (Lipinski definition) is 4. The number of ether oxygens (including phenoxy) is 1. The molecular formula is C12H23ClN2O3. The maximum absolute atomic E-state index is 11.7. The molecule has 0 spiro atoms. The van der Waals surface area contributed by atoms with Gasteiger partial charge in [-0.15, -0.1) is 12.4 Å². The molecule has 18 heavy (non-hydrogen) atoms. The predicted molar refractivity (Wildman–Crippen MR) is 71.7 cm³/mol. The van der Waals surface area contributed by atoms with Crippen LogP contribution in [0.5, 0.6) is 0 Å². The van der Waals surface area contributed by atoms with E-state index in [1.165, 1.54) is 0 Å². The van der Waals surface area contributed by atoms with E-state index >= 15 is 0 Å². The lowest BCUT2D eigenvalue weighted by molar-refractivity contribution is -0.143. The molecule has 0 bridgehead atoms. The van der Waals surface area contributed by atoms with Gasteiger partial charge < -0.3 is 15.4 Å². The van der Waals surface area contributed by atoms with Gasteiger partial charge in [0.1, 0.15) is 0 Å². The second-order valence-corrected chi connectivity index (χ2v) is 4.40. The van der Waals surface area contributed by atoms with E-state index in [4.69, 9.17) is 4.74 Å². The Kier molecular flexibility index (Phi) is 8.75. The molecule has 0 aromatic rings. The molecule has 1 amide bonds. The van der Waals surface area contributed by atoms with Crippen molar-refractivity contribution >= 4 is 24.3 Å². The molecule has 0 radical (unpaired) electrons. The maximum Gasteiger partial charge on any atom is 0.305 e. The van der Waals surface area contributed by atoms with E-state index in [-0.39, 0.29) is 36.4 Å². The minimum absolute atomic E-state index is 0. The molecule has 2 unspecified atom stereocenters. The third-order valence-corrected chi connectivity index (χ3v) is 2.85. The van der Waals surface area contributed by atoms with Gasteiger partial charge in [0.2, 0.25) is 5.91 Å². The molecule has 1 aliphatic heterocycles. The first-order valence-corrected chi connectivity index (χ1v) is 6.33. The van der Waals surface area contributed by atoms with Crippen molar-refractivity contribution in [2.24, 2.45) is 0 Å². The Morgan fingerprint density at radius 3 is 2.78 bits per heavy atom. The van der Waals surface area contributed by atoms with Crippen molar-refractivity contribution in [2.45, 2.75) is 51.6 Å². The van der Waals surface area contributed by atoms with Crippen LogP contribution in [-0.4, -0.2) is 37.1 Å². The second-order valence-electron chi connectivity index (χ2n) is 4.40. The summed E-state index contributed by atoms with van der Waals surface area (Å²) in [6.07, 6.45) is 2.93. The van der Waals surface area contributed by atoms with E-state index in [0.717, 1.165) is 19.4 Å². The van der Waals surface area contributed by atoms with E-state index in [0.29, 0.717) is 19.4 Å². The molecule has 1 heterocycles. The minimum atomic E-state index is -0.201. The van der Waals surface area contributed by atoms with Crippen LogP contribution in [0.15, 0.2) is 0 Å². The maximum atomic E-state index is 11.7. The van der Waals surface area contributed by atoms with Crippen molar-refractivity contribution < 1.29 is 14.3 Å². The fraction of sp³-hybridized carbons (Fsp3) is 0.833. The van der Waals surface area contributed by atoms with Crippen LogP contribution >= 0.6 is 12.4 Å². The topological polar surface area (TPSA) is 67.4 Å². The molecule has 1 aliphatic rings. The second kappa shape index (κ2) is 9.16. The van der Waals surface area contributed by atoms with Gasteiger partial charge in [-0.1, -0.05) is 0 Å². The van der Waals surface area contributed by atoms with Crippen LogP contribution in [0.4, 0.5) is 0 Å². The third-order valence-electron chi connectivity index (χ3n) is 2.85. The van der Waals surface area contributed by atoms with E-state index in [1.54, 1.807) is 6.92 Å². The van der Waals surface area contributed by atoms with Crippen LogP contribution in [0.1, 0.15) is 39.5 Å². The van der Waals surface area contributed by atoms with Crippen molar-refractivity contribution in [1.82, 2.24) is 10.6 Å². The van der Waals surface area contributed by atoms with Crippen LogP contribution in [-0.2, 0) is 14.3 Å². The molecule has 1 saturated heterocycles. The van der Waals surface area contributed by atoms with Gasteiger partial charge >= 0.3 is 5.97 Å². The number of carbonyl (C=O) groups is 2. The van der Waals surface area contributed by atoms with Crippen LogP contribution in [0.2, 0.25) is 0 Å². The molecule has 0 aliphatic carbocycles. The Labute approximate surface area is 114 Å². The van der Waals surface area contributed by atoms with Gasteiger partial charge in [-0.2, -0.15) is 0 Å². The number of amides is 1. The first-order valence-electron chi connectivity index (χ1n) is 6.33. The Bertz CT molecular complexity index is 268. The summed E-state index contributed by atoms with van der Waals surface area (Å²) < 4.78 is 4.83. The Hall–Kier alpha value is -0.810. The molecule has 106 valence electrons. The highest BCUT2D eigenvalue weighted by Crippen LogP contribution is 2.06. The molecule has 5 nitrogen and oxygen atoms in total. The summed E-state index contributed by atoms with van der Waals surface area (Å²) >= 11 is 0. The quantitative estimate of drug-likeness (QED) is 0.712. The number of carbonyl (C=O) groups excluding carboxylic acids is 2. The van der Waals surface area contributed by atoms with Crippen LogP contribution in [0.3, 0.4) is 0 Å². The lowest BCUT2D eigenvalue weighted by Crippen LogP contribution is -2.44. The zero-order valence-corrected chi connectivity index (χ0v) is 11.8. The lowest BCUT2D eigenvalue weighted by atomic mass is 10.1. The summed E-state index contributed by atoms with van der Waals surface area (Å²) in [5.74, 6) is -0.161. The average molecular weight is 279 g/mol. The van der Waals surface area contributed by atoms with Crippen molar-refractivity contribution in [3.63, 3.8) is 0 Å². The number of esters is 1. The standard InChI is InChI=1S/C12H22N2O3.ClH/c1-3-17-11(15)7-6-9(2)14-12(16)10-5-4-8-13-10;/h9-10,13H,3-8H2,1-2H3,(H,14,16);1H. The zero-order chi connectivity index (χ0) is 12.7. The van der Waals surface area contributed by atoms with Gasteiger partial charge in [0.15, 0.2) is 0 Å². The Morgan fingerprint density at radius 2 is 2.22 bits per heavy atom. The molecular weight excluding hydrogens is 256 g/mol. The Morgan fingerprint density at radius 1 is 1.50 bits per heavy atom. The number of rotatable bonds is 6. The fourth-order valence-electron chi connectivity index (χ4n) is 1.89. The predicted octanol–water partition coefficient (Wildman–Crippen LogP) is 1.01. The summed E-state index contributed by atoms with van der Waals surface area (Å²) in [6.45, 7) is 5.02. The molecule has 0 saturated carbocycles. The van der Waals surface area contributed by atoms with Crippen LogP contribution < -0.4 is 10.6 Å². The summed E-state index contributed by atoms with van der Waals surface area (Å²) in [6, 6.07) is -0.0469. The van der Waals surface area contributed by atoms with E-state index < -0.39 is 0 Å². The highest BCUT2D eigenvalue weighted by Gasteiger charge is 2.22. The number of hydrogen-bond donors (Lipinski definition) is 2. The van der Waals surface area contributed by atoms with Crippen molar-refractivity contribution in [1.29, 1.82) is 0 Å². The molecule has 2 atom stereocenters. The number of halogens is 1. The monoisotopic (exact) mass is 278 g/mol. The summed E-state index contributed by atoms with van der Waals surface area (Å²) in [4.78, 5) is 22.9.